The highest BCUT2D eigenvalue weighted by Crippen LogP contribution is 2.33. The van der Waals surface area contributed by atoms with E-state index in [1.807, 2.05) is 0 Å². The fourth-order valence-corrected chi connectivity index (χ4v) is 1.19. The lowest BCUT2D eigenvalue weighted by Crippen LogP contribution is -3.00. The predicted molar refractivity (Wildman–Crippen MR) is 48.4 cm³/mol. The second-order valence-electron chi connectivity index (χ2n) is 2.42. The van der Waals surface area contributed by atoms with Crippen molar-refractivity contribution in [1.29, 1.82) is 0 Å². The van der Waals surface area contributed by atoms with Crippen molar-refractivity contribution in [3.63, 3.8) is 0 Å². The van der Waals surface area contributed by atoms with Gasteiger partial charge in [-0.1, -0.05) is 16.1 Å². The molecule has 1 aromatic carbocycles. The largest absolute Gasteiger partial charge is 1.00 e. The molecule has 0 amide bonds. The van der Waals surface area contributed by atoms with Crippen LogP contribution in [0, 0.1) is 0 Å². The SMILES string of the molecule is FC(F)(F)c1ccc(N[NH+]=S)c(Cl)c1.[Cl-]. The Morgan fingerprint density at radius 2 is 1.93 bits per heavy atom. The third-order valence-corrected chi connectivity index (χ3v) is 1.90. The van der Waals surface area contributed by atoms with Crippen LogP contribution in [0.15, 0.2) is 18.2 Å². The first kappa shape index (κ1) is 14.4. The highest BCUT2D eigenvalue weighted by molar-refractivity contribution is 7.43. The third kappa shape index (κ3) is 3.81. The summed E-state index contributed by atoms with van der Waals surface area (Å²) in [6.45, 7) is 0. The number of hydrazine groups is 1. The van der Waals surface area contributed by atoms with Gasteiger partial charge in [-0.15, -0.1) is 0 Å². The number of hydrogen-bond donors (Lipinski definition) is 2. The fourth-order valence-electron chi connectivity index (χ4n) is 0.848. The quantitative estimate of drug-likeness (QED) is 0.644. The number of alkyl halides is 3. The summed E-state index contributed by atoms with van der Waals surface area (Å²) in [5.74, 6) is 0. The molecule has 2 nitrogen and oxygen atoms in total. The summed E-state index contributed by atoms with van der Waals surface area (Å²) in [6, 6.07) is 2.95. The smallest absolute Gasteiger partial charge is 0.416 e. The van der Waals surface area contributed by atoms with E-state index >= 15 is 0 Å². The van der Waals surface area contributed by atoms with Crippen molar-refractivity contribution < 1.29 is 30.0 Å². The predicted octanol–water partition coefficient (Wildman–Crippen LogP) is -1.50. The van der Waals surface area contributed by atoms with Gasteiger partial charge in [0, 0.05) is 0 Å². The van der Waals surface area contributed by atoms with Crippen LogP contribution in [0.2, 0.25) is 5.02 Å². The van der Waals surface area contributed by atoms with Gasteiger partial charge in [-0.25, -0.2) is 0 Å². The summed E-state index contributed by atoms with van der Waals surface area (Å²) in [4.78, 5) is 0. The average molecular weight is 277 g/mol. The van der Waals surface area contributed by atoms with Crippen LogP contribution in [0.3, 0.4) is 0 Å². The molecule has 0 saturated carbocycles. The van der Waals surface area contributed by atoms with E-state index in [1.54, 1.807) is 0 Å². The van der Waals surface area contributed by atoms with Gasteiger partial charge in [0.05, 0.1) is 10.6 Å². The van der Waals surface area contributed by atoms with Crippen LogP contribution in [0.5, 0.6) is 0 Å². The Kier molecular flexibility index (Phi) is 5.27. The molecule has 1 aromatic rings. The molecule has 1 rings (SSSR count). The Morgan fingerprint density at radius 1 is 1.33 bits per heavy atom. The van der Waals surface area contributed by atoms with Crippen LogP contribution in [0.25, 0.3) is 0 Å². The topological polar surface area (TPSA) is 26.0 Å². The molecule has 0 aliphatic heterocycles. The van der Waals surface area contributed by atoms with Crippen LogP contribution >= 0.6 is 11.6 Å². The van der Waals surface area contributed by atoms with E-state index in [1.165, 1.54) is 6.07 Å². The molecule has 0 saturated heterocycles. The third-order valence-electron chi connectivity index (χ3n) is 1.48. The summed E-state index contributed by atoms with van der Waals surface area (Å²) >= 11 is 9.92. The summed E-state index contributed by atoms with van der Waals surface area (Å²) in [6.07, 6.45) is -4.39. The average Bonchev–Trinajstić information content (AvgIpc) is 2.07. The number of anilines is 1. The lowest BCUT2D eigenvalue weighted by atomic mass is 10.2. The first-order chi connectivity index (χ1) is 6.45. The molecule has 0 bridgehead atoms. The first-order valence-corrected chi connectivity index (χ1v) is 4.23. The molecule has 0 fully saturated rings. The minimum Gasteiger partial charge on any atom is -1.00 e. The van der Waals surface area contributed by atoms with E-state index in [-0.39, 0.29) is 17.4 Å². The molecular formula is C7H5Cl2F3N2S. The van der Waals surface area contributed by atoms with Gasteiger partial charge in [0.2, 0.25) is 0 Å². The van der Waals surface area contributed by atoms with Crippen molar-refractivity contribution in [1.82, 2.24) is 0 Å². The lowest BCUT2D eigenvalue weighted by molar-refractivity contribution is -0.383. The maximum absolute atomic E-state index is 12.2. The maximum atomic E-state index is 12.2. The summed E-state index contributed by atoms with van der Waals surface area (Å²) in [5.41, 5.74) is 1.93. The molecule has 0 radical (unpaired) electrons. The van der Waals surface area contributed by atoms with Crippen molar-refractivity contribution in [2.24, 2.45) is 0 Å². The van der Waals surface area contributed by atoms with E-state index < -0.39 is 11.7 Å². The van der Waals surface area contributed by atoms with Gasteiger partial charge in [-0.3, -0.25) is 0 Å². The Morgan fingerprint density at radius 3 is 2.33 bits per heavy atom. The van der Waals surface area contributed by atoms with Crippen molar-refractivity contribution in [2.45, 2.75) is 6.18 Å². The van der Waals surface area contributed by atoms with Crippen molar-refractivity contribution in [3.05, 3.63) is 28.8 Å². The van der Waals surface area contributed by atoms with Crippen molar-refractivity contribution in [2.75, 3.05) is 5.43 Å². The number of hydrogen-bond acceptors (Lipinski definition) is 1. The van der Waals surface area contributed by atoms with E-state index in [2.05, 4.69) is 22.3 Å². The standard InChI is InChI=1S/C7H4ClF3N2S.ClH/c8-5-3-4(7(9,10)11)1-2-6(5)12-13-14;/h1-3H,(H,12,14);1H. The second-order valence-corrected chi connectivity index (χ2v) is 3.03. The van der Waals surface area contributed by atoms with Crippen molar-refractivity contribution >= 4 is 29.7 Å². The van der Waals surface area contributed by atoms with E-state index in [0.717, 1.165) is 12.1 Å². The Labute approximate surface area is 100 Å². The summed E-state index contributed by atoms with van der Waals surface area (Å²) < 4.78 is 38.7. The van der Waals surface area contributed by atoms with Crippen LogP contribution in [-0.4, -0.2) is 0 Å². The molecule has 2 N–H and O–H groups in total. The molecule has 0 aliphatic rings. The Balaban J connectivity index is 0.00000196. The monoisotopic (exact) mass is 276 g/mol. The first-order valence-electron chi connectivity index (χ1n) is 3.45. The molecule has 8 heteroatoms. The zero-order chi connectivity index (χ0) is 10.8. The van der Waals surface area contributed by atoms with Gasteiger partial charge in [-0.05, 0) is 18.2 Å². The maximum Gasteiger partial charge on any atom is 0.416 e. The molecule has 0 aromatic heterocycles. The number of halogens is 5. The highest BCUT2D eigenvalue weighted by atomic mass is 35.5. The van der Waals surface area contributed by atoms with Crippen LogP contribution in [0.1, 0.15) is 5.56 Å². The van der Waals surface area contributed by atoms with Gasteiger partial charge in [0.25, 0.3) is 12.4 Å². The molecule has 0 aliphatic carbocycles. The van der Waals surface area contributed by atoms with E-state index in [4.69, 9.17) is 11.6 Å². The zero-order valence-corrected chi connectivity index (χ0v) is 9.36. The number of rotatable bonds is 2. The molecule has 0 atom stereocenters. The fraction of sp³-hybridized carbons (Fsp3) is 0.143. The van der Waals surface area contributed by atoms with Crippen LogP contribution in [-0.2, 0) is 18.6 Å². The Bertz CT molecular complexity index is 357. The molecular weight excluding hydrogens is 272 g/mol. The number of nitrogens with one attached hydrogen (secondary N) is 2. The van der Waals surface area contributed by atoms with E-state index in [0.29, 0.717) is 5.69 Å². The highest BCUT2D eigenvalue weighted by Gasteiger charge is 2.30. The van der Waals surface area contributed by atoms with Gasteiger partial charge < -0.3 is 12.4 Å². The minimum atomic E-state index is -4.39. The molecule has 0 heterocycles. The summed E-state index contributed by atoms with van der Waals surface area (Å²) in [5, 5.41) is -0.0443. The summed E-state index contributed by atoms with van der Waals surface area (Å²) in [7, 11) is 0. The molecule has 0 unspecified atom stereocenters. The van der Waals surface area contributed by atoms with Gasteiger partial charge >= 0.3 is 6.18 Å². The lowest BCUT2D eigenvalue weighted by Gasteiger charge is -2.07. The van der Waals surface area contributed by atoms with E-state index in [9.17, 15) is 13.2 Å². The van der Waals surface area contributed by atoms with Crippen LogP contribution in [0.4, 0.5) is 18.9 Å². The van der Waals surface area contributed by atoms with Gasteiger partial charge in [-0.2, -0.15) is 18.6 Å². The second kappa shape index (κ2) is 5.48. The van der Waals surface area contributed by atoms with Gasteiger partial charge in [0.15, 0.2) is 0 Å². The van der Waals surface area contributed by atoms with Crippen LogP contribution < -0.4 is 22.3 Å². The molecule has 15 heavy (non-hydrogen) atoms. The minimum absolute atomic E-state index is 0. The molecule has 84 valence electrons. The normalized spacial score (nSPS) is 10.4. The molecule has 0 spiro atoms. The Hall–Kier alpha value is -0.590. The van der Waals surface area contributed by atoms with Crippen molar-refractivity contribution in [3.8, 4) is 0 Å². The van der Waals surface area contributed by atoms with Gasteiger partial charge in [0.1, 0.15) is 5.69 Å². The zero-order valence-electron chi connectivity index (χ0n) is 7.03. The number of benzene rings is 1.